The Kier molecular flexibility index (Phi) is 4.43. The van der Waals surface area contributed by atoms with Crippen LogP contribution in [0.4, 0.5) is 5.82 Å². The van der Waals surface area contributed by atoms with Crippen molar-refractivity contribution in [3.8, 4) is 11.3 Å². The molecule has 5 heteroatoms. The van der Waals surface area contributed by atoms with Gasteiger partial charge in [-0.3, -0.25) is 0 Å². The molecule has 0 amide bonds. The molecule has 2 heterocycles. The lowest BCUT2D eigenvalue weighted by molar-refractivity contribution is 0.897. The Hall–Kier alpha value is -2.36. The zero-order valence-electron chi connectivity index (χ0n) is 14.5. The average molecular weight is 382 g/mol. The van der Waals surface area contributed by atoms with Crippen molar-refractivity contribution in [2.45, 2.75) is 20.4 Å². The van der Waals surface area contributed by atoms with E-state index in [1.165, 1.54) is 11.1 Å². The number of rotatable bonds is 2. The molecule has 0 radical (unpaired) electrons. The van der Waals surface area contributed by atoms with Crippen molar-refractivity contribution in [3.63, 3.8) is 0 Å². The van der Waals surface area contributed by atoms with Crippen LogP contribution in [0.15, 0.2) is 48.7 Å². The molecule has 0 spiro atoms. The van der Waals surface area contributed by atoms with Gasteiger partial charge in [0.1, 0.15) is 0 Å². The van der Waals surface area contributed by atoms with E-state index in [9.17, 15) is 0 Å². The fraction of sp³-hybridized carbons (Fsp3) is 0.143. The standard InChI is InChI=1S/C21H17Cl2N3/c1-13-20(18-8-7-17(22)11-19(18)23)24-14(2)21(25-13)26-10-9-15-5-3-4-6-16(15)12-26/h3-11H,12H2,1-2H3. The van der Waals surface area contributed by atoms with Gasteiger partial charge in [0.05, 0.1) is 22.1 Å². The number of aryl methyl sites for hydroxylation is 2. The lowest BCUT2D eigenvalue weighted by Gasteiger charge is -2.26. The summed E-state index contributed by atoms with van der Waals surface area (Å²) in [5.74, 6) is 0.863. The van der Waals surface area contributed by atoms with Crippen LogP contribution in [0.3, 0.4) is 0 Å². The SMILES string of the molecule is Cc1nc(N2C=Cc3ccccc3C2)c(C)nc1-c1ccc(Cl)cc1Cl. The third-order valence-electron chi connectivity index (χ3n) is 4.51. The average Bonchev–Trinajstić information content (AvgIpc) is 2.63. The van der Waals surface area contributed by atoms with E-state index in [4.69, 9.17) is 33.2 Å². The number of halogens is 2. The Morgan fingerprint density at radius 2 is 1.77 bits per heavy atom. The van der Waals surface area contributed by atoms with Crippen molar-refractivity contribution in [3.05, 3.63) is 81.2 Å². The van der Waals surface area contributed by atoms with E-state index in [0.29, 0.717) is 10.0 Å². The maximum absolute atomic E-state index is 6.36. The Morgan fingerprint density at radius 1 is 0.962 bits per heavy atom. The summed E-state index contributed by atoms with van der Waals surface area (Å²) < 4.78 is 0. The van der Waals surface area contributed by atoms with Gasteiger partial charge in [-0.25, -0.2) is 9.97 Å². The van der Waals surface area contributed by atoms with Gasteiger partial charge in [-0.05, 0) is 49.2 Å². The van der Waals surface area contributed by atoms with Crippen LogP contribution in [0.5, 0.6) is 0 Å². The molecule has 3 aromatic rings. The first-order chi connectivity index (χ1) is 12.5. The van der Waals surface area contributed by atoms with Gasteiger partial charge in [-0.15, -0.1) is 0 Å². The summed E-state index contributed by atoms with van der Waals surface area (Å²) in [6.45, 7) is 4.71. The number of hydrogen-bond donors (Lipinski definition) is 0. The van der Waals surface area contributed by atoms with Crippen molar-refractivity contribution in [1.82, 2.24) is 9.97 Å². The summed E-state index contributed by atoms with van der Waals surface area (Å²) in [5, 5.41) is 1.18. The maximum atomic E-state index is 6.36. The van der Waals surface area contributed by atoms with Crippen molar-refractivity contribution >= 4 is 35.1 Å². The third kappa shape index (κ3) is 3.09. The Bertz CT molecular complexity index is 1030. The van der Waals surface area contributed by atoms with E-state index in [1.807, 2.05) is 26.0 Å². The van der Waals surface area contributed by atoms with E-state index >= 15 is 0 Å². The molecule has 0 saturated carbocycles. The first-order valence-electron chi connectivity index (χ1n) is 8.36. The predicted molar refractivity (Wildman–Crippen MR) is 109 cm³/mol. The smallest absolute Gasteiger partial charge is 0.154 e. The zero-order chi connectivity index (χ0) is 18.3. The molecular weight excluding hydrogens is 365 g/mol. The van der Waals surface area contributed by atoms with E-state index in [-0.39, 0.29) is 0 Å². The van der Waals surface area contributed by atoms with Crippen molar-refractivity contribution in [1.29, 1.82) is 0 Å². The second kappa shape index (κ2) is 6.75. The maximum Gasteiger partial charge on any atom is 0.154 e. The highest BCUT2D eigenvalue weighted by Crippen LogP contribution is 2.33. The molecule has 1 aromatic heterocycles. The topological polar surface area (TPSA) is 29.0 Å². The number of anilines is 1. The number of nitrogens with zero attached hydrogens (tertiary/aromatic N) is 3. The van der Waals surface area contributed by atoms with Crippen molar-refractivity contribution in [2.24, 2.45) is 0 Å². The Morgan fingerprint density at radius 3 is 2.58 bits per heavy atom. The third-order valence-corrected chi connectivity index (χ3v) is 5.06. The normalized spacial score (nSPS) is 13.0. The van der Waals surface area contributed by atoms with Gasteiger partial charge in [0.2, 0.25) is 0 Å². The summed E-state index contributed by atoms with van der Waals surface area (Å²) in [6, 6.07) is 13.8. The largest absolute Gasteiger partial charge is 0.327 e. The quantitative estimate of drug-likeness (QED) is 0.540. The van der Waals surface area contributed by atoms with Crippen LogP contribution in [0.25, 0.3) is 17.3 Å². The number of fused-ring (bicyclic) bond motifs is 1. The van der Waals surface area contributed by atoms with Crippen LogP contribution < -0.4 is 4.90 Å². The first kappa shape index (κ1) is 17.1. The van der Waals surface area contributed by atoms with Gasteiger partial charge in [0.15, 0.2) is 5.82 Å². The van der Waals surface area contributed by atoms with Crippen LogP contribution in [-0.4, -0.2) is 9.97 Å². The van der Waals surface area contributed by atoms with Crippen LogP contribution in [-0.2, 0) is 6.54 Å². The molecule has 0 saturated heterocycles. The van der Waals surface area contributed by atoms with Gasteiger partial charge in [-0.2, -0.15) is 0 Å². The molecule has 0 aliphatic carbocycles. The predicted octanol–water partition coefficient (Wildman–Crippen LogP) is 6.06. The second-order valence-corrected chi connectivity index (χ2v) is 7.18. The van der Waals surface area contributed by atoms with Gasteiger partial charge in [0, 0.05) is 23.3 Å². The fourth-order valence-electron chi connectivity index (χ4n) is 3.19. The van der Waals surface area contributed by atoms with Crippen molar-refractivity contribution < 1.29 is 0 Å². The zero-order valence-corrected chi connectivity index (χ0v) is 16.0. The number of hydrogen-bond acceptors (Lipinski definition) is 3. The summed E-state index contributed by atoms with van der Waals surface area (Å²) in [6.07, 6.45) is 4.17. The molecule has 1 aliphatic rings. The van der Waals surface area contributed by atoms with Gasteiger partial charge < -0.3 is 4.90 Å². The molecule has 3 nitrogen and oxygen atoms in total. The van der Waals surface area contributed by atoms with E-state index in [0.717, 1.165) is 35.0 Å². The fourth-order valence-corrected chi connectivity index (χ4v) is 3.69. The summed E-state index contributed by atoms with van der Waals surface area (Å²) in [5.41, 5.74) is 5.85. The molecule has 1 aliphatic heterocycles. The molecule has 0 fully saturated rings. The summed E-state index contributed by atoms with van der Waals surface area (Å²) in [7, 11) is 0. The Labute approximate surface area is 162 Å². The number of benzene rings is 2. The van der Waals surface area contributed by atoms with E-state index in [1.54, 1.807) is 6.07 Å². The molecule has 0 N–H and O–H groups in total. The van der Waals surface area contributed by atoms with E-state index < -0.39 is 0 Å². The summed E-state index contributed by atoms with van der Waals surface area (Å²) >= 11 is 12.4. The van der Waals surface area contributed by atoms with Crippen LogP contribution in [0.2, 0.25) is 10.0 Å². The Balaban J connectivity index is 1.73. The number of aromatic nitrogens is 2. The second-order valence-electron chi connectivity index (χ2n) is 6.33. The monoisotopic (exact) mass is 381 g/mol. The minimum Gasteiger partial charge on any atom is -0.327 e. The van der Waals surface area contributed by atoms with Crippen molar-refractivity contribution in [2.75, 3.05) is 4.90 Å². The molecule has 2 aromatic carbocycles. The molecule has 0 bridgehead atoms. The molecule has 4 rings (SSSR count). The van der Waals surface area contributed by atoms with Gasteiger partial charge in [0.25, 0.3) is 0 Å². The van der Waals surface area contributed by atoms with Gasteiger partial charge in [-0.1, -0.05) is 47.5 Å². The van der Waals surface area contributed by atoms with Crippen LogP contribution in [0, 0.1) is 13.8 Å². The highest BCUT2D eigenvalue weighted by molar-refractivity contribution is 6.36. The first-order valence-corrected chi connectivity index (χ1v) is 9.12. The van der Waals surface area contributed by atoms with Crippen LogP contribution in [0.1, 0.15) is 22.5 Å². The summed E-state index contributed by atoms with van der Waals surface area (Å²) in [4.78, 5) is 11.8. The highest BCUT2D eigenvalue weighted by atomic mass is 35.5. The minimum absolute atomic E-state index is 0.578. The molecule has 26 heavy (non-hydrogen) atoms. The highest BCUT2D eigenvalue weighted by Gasteiger charge is 2.18. The van der Waals surface area contributed by atoms with E-state index in [2.05, 4.69) is 41.4 Å². The molecular formula is C21H17Cl2N3. The molecule has 0 unspecified atom stereocenters. The van der Waals surface area contributed by atoms with Gasteiger partial charge >= 0.3 is 0 Å². The molecule has 130 valence electrons. The minimum atomic E-state index is 0.578. The lowest BCUT2D eigenvalue weighted by atomic mass is 10.0. The van der Waals surface area contributed by atoms with Crippen LogP contribution >= 0.6 is 23.2 Å². The molecule has 0 atom stereocenters. The lowest BCUT2D eigenvalue weighted by Crippen LogP contribution is -2.22.